The van der Waals surface area contributed by atoms with Crippen molar-refractivity contribution in [2.75, 3.05) is 18.9 Å². The van der Waals surface area contributed by atoms with Crippen LogP contribution in [0.2, 0.25) is 0 Å². The number of carbonyl (C=O) groups is 1. The van der Waals surface area contributed by atoms with E-state index in [-0.39, 0.29) is 53.8 Å². The third-order valence-corrected chi connectivity index (χ3v) is 5.07. The van der Waals surface area contributed by atoms with Gasteiger partial charge in [0.1, 0.15) is 11.3 Å². The summed E-state index contributed by atoms with van der Waals surface area (Å²) in [6, 6.07) is 3.69. The molecule has 0 aromatic carbocycles. The average Bonchev–Trinajstić information content (AvgIpc) is 3.07. The van der Waals surface area contributed by atoms with Crippen LogP contribution in [-0.4, -0.2) is 42.6 Å². The Bertz CT molecular complexity index is 819. The zero-order chi connectivity index (χ0) is 19.2. The van der Waals surface area contributed by atoms with Crippen LogP contribution >= 0.6 is 11.5 Å². The molecule has 0 spiro atoms. The van der Waals surface area contributed by atoms with E-state index in [1.807, 2.05) is 32.9 Å². The van der Waals surface area contributed by atoms with Gasteiger partial charge in [0.25, 0.3) is 16.0 Å². The topological polar surface area (TPSA) is 102 Å². The molecule has 2 aromatic rings. The summed E-state index contributed by atoms with van der Waals surface area (Å²) in [5.74, 6) is -0.528. The maximum atomic E-state index is 11.9. The number of rotatable bonds is 8. The van der Waals surface area contributed by atoms with Gasteiger partial charge in [-0.2, -0.15) is 17.4 Å². The van der Waals surface area contributed by atoms with E-state index in [4.69, 9.17) is 4.18 Å². The quantitative estimate of drug-likeness (QED) is 0.348. The van der Waals surface area contributed by atoms with Gasteiger partial charge < -0.3 is 22.3 Å². The first-order valence-corrected chi connectivity index (χ1v) is 10.4. The van der Waals surface area contributed by atoms with E-state index in [1.54, 1.807) is 17.0 Å². The van der Waals surface area contributed by atoms with Crippen LogP contribution in [0.5, 0.6) is 0 Å². The first-order valence-electron chi connectivity index (χ1n) is 8.05. The molecule has 0 aliphatic heterocycles. The van der Waals surface area contributed by atoms with Gasteiger partial charge in [0, 0.05) is 24.2 Å². The van der Waals surface area contributed by atoms with Crippen molar-refractivity contribution in [3.05, 3.63) is 30.9 Å². The van der Waals surface area contributed by atoms with Gasteiger partial charge in [0.05, 0.1) is 12.4 Å². The normalized spacial score (nSPS) is 11.7. The van der Waals surface area contributed by atoms with Crippen LogP contribution in [0.4, 0.5) is 0 Å². The minimum atomic E-state index is -3.65. The van der Waals surface area contributed by atoms with Crippen LogP contribution < -0.4 is 26.9 Å². The zero-order valence-electron chi connectivity index (χ0n) is 15.4. The highest BCUT2D eigenvalue weighted by molar-refractivity contribution is 7.86. The third kappa shape index (κ3) is 8.87. The summed E-state index contributed by atoms with van der Waals surface area (Å²) in [6.07, 6.45) is 5.02. The molecule has 0 saturated carbocycles. The zero-order valence-corrected chi connectivity index (χ0v) is 18.6. The number of nitrogens with zero attached hydrogens (tertiary/aromatic N) is 3. The van der Waals surface area contributed by atoms with Crippen molar-refractivity contribution < 1.29 is 38.9 Å². The summed E-state index contributed by atoms with van der Waals surface area (Å²) in [5, 5.41) is 3.39. The fraction of sp³-hybridized carbons (Fsp3) is 0.500. The Balaban J connectivity index is 0.00000364. The molecule has 27 heavy (non-hydrogen) atoms. The van der Waals surface area contributed by atoms with E-state index in [0.717, 1.165) is 10.6 Å². The maximum Gasteiger partial charge on any atom is 0.286 e. The molecule has 0 bridgehead atoms. The molecule has 0 unspecified atom stereocenters. The Morgan fingerprint density at radius 3 is 2.52 bits per heavy atom. The number of amides is 1. The van der Waals surface area contributed by atoms with E-state index in [2.05, 4.69) is 14.7 Å². The predicted molar refractivity (Wildman–Crippen MR) is 97.7 cm³/mol. The molecule has 0 atom stereocenters. The minimum absolute atomic E-state index is 0. The summed E-state index contributed by atoms with van der Waals surface area (Å²) < 4.78 is 34.2. The highest BCUT2D eigenvalue weighted by Crippen LogP contribution is 2.17. The smallest absolute Gasteiger partial charge is 0.286 e. The van der Waals surface area contributed by atoms with Crippen molar-refractivity contribution in [3.63, 3.8) is 0 Å². The fourth-order valence-corrected chi connectivity index (χ4v) is 3.40. The molecular formula is C16H23BrN4O4S2. The fourth-order valence-electron chi connectivity index (χ4n) is 1.87. The Hall–Kier alpha value is -1.43. The lowest BCUT2D eigenvalue weighted by molar-refractivity contribution is -0.684. The van der Waals surface area contributed by atoms with E-state index < -0.39 is 10.1 Å². The maximum absolute atomic E-state index is 11.9. The second-order valence-electron chi connectivity index (χ2n) is 6.94. The van der Waals surface area contributed by atoms with E-state index in [0.29, 0.717) is 0 Å². The molecule has 0 aliphatic carbocycles. The van der Waals surface area contributed by atoms with Crippen molar-refractivity contribution in [3.8, 4) is 10.6 Å². The lowest BCUT2D eigenvalue weighted by Crippen LogP contribution is -3.00. The number of hydrogen-bond acceptors (Lipinski definition) is 7. The van der Waals surface area contributed by atoms with Crippen LogP contribution in [0.25, 0.3) is 10.6 Å². The molecule has 150 valence electrons. The number of aromatic nitrogens is 3. The minimum Gasteiger partial charge on any atom is -1.00 e. The number of carbonyl (C=O) groups excluding carboxylic acids is 1. The van der Waals surface area contributed by atoms with Gasteiger partial charge in [-0.1, -0.05) is 20.8 Å². The summed E-state index contributed by atoms with van der Waals surface area (Å²) in [6.45, 7) is 5.88. The third-order valence-electron chi connectivity index (χ3n) is 3.17. The van der Waals surface area contributed by atoms with Gasteiger partial charge in [-0.3, -0.25) is 8.98 Å². The molecule has 2 aromatic heterocycles. The van der Waals surface area contributed by atoms with Gasteiger partial charge in [-0.15, -0.1) is 0 Å². The summed E-state index contributed by atoms with van der Waals surface area (Å²) in [5.41, 5.74) is 0.680. The lowest BCUT2D eigenvalue weighted by Gasteiger charge is -2.17. The number of pyridine rings is 1. The number of nitrogens with one attached hydrogen (secondary N) is 1. The number of hydrogen-bond donors (Lipinski definition) is 1. The van der Waals surface area contributed by atoms with E-state index in [9.17, 15) is 13.2 Å². The molecule has 0 fully saturated rings. The van der Waals surface area contributed by atoms with Crippen molar-refractivity contribution >= 4 is 27.6 Å². The monoisotopic (exact) mass is 478 g/mol. The van der Waals surface area contributed by atoms with Crippen molar-refractivity contribution in [1.82, 2.24) is 14.7 Å². The molecule has 0 radical (unpaired) electrons. The average molecular weight is 479 g/mol. The molecular weight excluding hydrogens is 456 g/mol. The largest absolute Gasteiger partial charge is 1.00 e. The second-order valence-corrected chi connectivity index (χ2v) is 9.48. The molecule has 2 heterocycles. The summed E-state index contributed by atoms with van der Waals surface area (Å²) in [7, 11) is -3.65. The molecule has 1 N–H and O–H groups in total. The molecule has 0 aliphatic rings. The Labute approximate surface area is 174 Å². The predicted octanol–water partition coefficient (Wildman–Crippen LogP) is -1.99. The van der Waals surface area contributed by atoms with E-state index in [1.165, 1.54) is 17.9 Å². The standard InChI is InChI=1S/C16H22N4O4S2.BrH/c1-16(2,3)11-24-26(22,23)9-6-17-14(21)10-20-7-4-13(5-8-20)15-18-12-19-25-15;/h4-5,7-8,12H,6,9-11H2,1-3H3;1H. The Morgan fingerprint density at radius 2 is 1.96 bits per heavy atom. The van der Waals surface area contributed by atoms with Crippen molar-refractivity contribution in [1.29, 1.82) is 0 Å². The molecule has 11 heteroatoms. The first kappa shape index (κ1) is 23.6. The van der Waals surface area contributed by atoms with Crippen molar-refractivity contribution in [2.24, 2.45) is 5.41 Å². The summed E-state index contributed by atoms with van der Waals surface area (Å²) in [4.78, 5) is 16.1. The summed E-state index contributed by atoms with van der Waals surface area (Å²) >= 11 is 1.30. The van der Waals surface area contributed by atoms with E-state index >= 15 is 0 Å². The van der Waals surface area contributed by atoms with Crippen LogP contribution in [0.3, 0.4) is 0 Å². The van der Waals surface area contributed by atoms with Crippen LogP contribution in [-0.2, 0) is 25.6 Å². The van der Waals surface area contributed by atoms with Gasteiger partial charge in [0.15, 0.2) is 12.4 Å². The second kappa shape index (κ2) is 10.2. The number of halogens is 1. The molecule has 8 nitrogen and oxygen atoms in total. The van der Waals surface area contributed by atoms with Gasteiger partial charge in [-0.05, 0) is 16.9 Å². The van der Waals surface area contributed by atoms with Crippen molar-refractivity contribution in [2.45, 2.75) is 27.3 Å². The lowest BCUT2D eigenvalue weighted by atomic mass is 9.99. The first-order chi connectivity index (χ1) is 12.1. The van der Waals surface area contributed by atoms with Gasteiger partial charge >= 0.3 is 0 Å². The highest BCUT2D eigenvalue weighted by atomic mass is 79.9. The van der Waals surface area contributed by atoms with Gasteiger partial charge in [0.2, 0.25) is 6.54 Å². The van der Waals surface area contributed by atoms with Crippen LogP contribution in [0.1, 0.15) is 20.8 Å². The Kier molecular flexibility index (Phi) is 8.92. The highest BCUT2D eigenvalue weighted by Gasteiger charge is 2.18. The molecule has 1 amide bonds. The van der Waals surface area contributed by atoms with Gasteiger partial charge in [-0.25, -0.2) is 4.98 Å². The van der Waals surface area contributed by atoms with Crippen LogP contribution in [0, 0.1) is 5.41 Å². The molecule has 2 rings (SSSR count). The SMILES string of the molecule is CC(C)(C)COS(=O)(=O)CCNC(=O)C[n+]1ccc(-c2ncns2)cc1.[Br-]. The van der Waals surface area contributed by atoms with Crippen LogP contribution in [0.15, 0.2) is 30.9 Å². The molecule has 0 saturated heterocycles. The Morgan fingerprint density at radius 1 is 1.30 bits per heavy atom.